The summed E-state index contributed by atoms with van der Waals surface area (Å²) in [5.74, 6) is -1.25. The molecule has 0 aliphatic carbocycles. The van der Waals surface area contributed by atoms with Crippen LogP contribution in [0.3, 0.4) is 0 Å². The van der Waals surface area contributed by atoms with Gasteiger partial charge in [-0.15, -0.1) is 5.10 Å². The molecule has 23 heavy (non-hydrogen) atoms. The van der Waals surface area contributed by atoms with Crippen molar-refractivity contribution in [2.24, 2.45) is 5.73 Å². The van der Waals surface area contributed by atoms with E-state index in [9.17, 15) is 22.8 Å². The lowest BCUT2D eigenvalue weighted by atomic mass is 10.1. The third-order valence-corrected chi connectivity index (χ3v) is 2.84. The number of hydrogen-bond donors (Lipinski definition) is 2. The van der Waals surface area contributed by atoms with Crippen molar-refractivity contribution in [2.75, 3.05) is 6.54 Å². The maximum absolute atomic E-state index is 13.0. The van der Waals surface area contributed by atoms with Crippen LogP contribution < -0.4 is 11.1 Å². The number of hydrogen-bond acceptors (Lipinski definition) is 4. The van der Waals surface area contributed by atoms with E-state index >= 15 is 0 Å². The summed E-state index contributed by atoms with van der Waals surface area (Å²) in [6.45, 7) is 0.000163. The molecular formula is C13H12F3N5O2. The maximum atomic E-state index is 13.0. The fourth-order valence-electron chi connectivity index (χ4n) is 1.79. The van der Waals surface area contributed by atoms with Gasteiger partial charge in [-0.25, -0.2) is 4.68 Å². The van der Waals surface area contributed by atoms with E-state index in [1.165, 1.54) is 18.2 Å². The number of amides is 2. The molecule has 7 nitrogen and oxygen atoms in total. The summed E-state index contributed by atoms with van der Waals surface area (Å²) in [4.78, 5) is 22.3. The second-order valence-corrected chi connectivity index (χ2v) is 4.54. The summed E-state index contributed by atoms with van der Waals surface area (Å²) < 4.78 is 39.7. The molecule has 1 aromatic carbocycles. The van der Waals surface area contributed by atoms with E-state index in [-0.39, 0.29) is 24.3 Å². The predicted octanol–water partition coefficient (Wildman–Crippen LogP) is 0.891. The second kappa shape index (κ2) is 6.46. The lowest BCUT2D eigenvalue weighted by molar-refractivity contribution is -0.137. The largest absolute Gasteiger partial charge is 0.418 e. The van der Waals surface area contributed by atoms with Crippen LogP contribution in [0, 0.1) is 0 Å². The van der Waals surface area contributed by atoms with Gasteiger partial charge in [-0.3, -0.25) is 9.59 Å². The molecule has 0 saturated carbocycles. The van der Waals surface area contributed by atoms with Crippen LogP contribution in [0.4, 0.5) is 13.2 Å². The molecule has 0 aliphatic heterocycles. The van der Waals surface area contributed by atoms with Crippen LogP contribution in [0.5, 0.6) is 0 Å². The predicted molar refractivity (Wildman–Crippen MR) is 72.5 cm³/mol. The lowest BCUT2D eigenvalue weighted by Crippen LogP contribution is -2.28. The van der Waals surface area contributed by atoms with Crippen LogP contribution in [0.15, 0.2) is 30.5 Å². The maximum Gasteiger partial charge on any atom is 0.418 e. The third kappa shape index (κ3) is 4.05. The number of alkyl halides is 3. The molecule has 2 rings (SSSR count). The minimum absolute atomic E-state index is 0.000163. The molecule has 0 atom stereocenters. The van der Waals surface area contributed by atoms with Gasteiger partial charge < -0.3 is 11.1 Å². The number of carbonyl (C=O) groups excluding carboxylic acids is 2. The third-order valence-electron chi connectivity index (χ3n) is 2.84. The first-order valence-corrected chi connectivity index (χ1v) is 6.44. The van der Waals surface area contributed by atoms with E-state index in [2.05, 4.69) is 15.6 Å². The van der Waals surface area contributed by atoms with Gasteiger partial charge in [-0.05, 0) is 12.1 Å². The van der Waals surface area contributed by atoms with Gasteiger partial charge in [-0.1, -0.05) is 17.3 Å². The summed E-state index contributed by atoms with van der Waals surface area (Å²) >= 11 is 0. The number of carbonyl (C=O) groups is 2. The number of aromatic nitrogens is 3. The highest BCUT2D eigenvalue weighted by molar-refractivity contribution is 5.92. The van der Waals surface area contributed by atoms with Crippen molar-refractivity contribution in [3.05, 3.63) is 41.7 Å². The summed E-state index contributed by atoms with van der Waals surface area (Å²) in [5, 5.41) is 9.43. The van der Waals surface area contributed by atoms with Crippen LogP contribution >= 0.6 is 0 Å². The smallest absolute Gasteiger partial charge is 0.370 e. The van der Waals surface area contributed by atoms with Gasteiger partial charge in [-0.2, -0.15) is 13.2 Å². The van der Waals surface area contributed by atoms with Gasteiger partial charge in [0, 0.05) is 13.0 Å². The van der Waals surface area contributed by atoms with E-state index in [1.807, 2.05) is 0 Å². The van der Waals surface area contributed by atoms with Crippen molar-refractivity contribution >= 4 is 11.8 Å². The quantitative estimate of drug-likeness (QED) is 0.851. The zero-order valence-electron chi connectivity index (χ0n) is 11.7. The van der Waals surface area contributed by atoms with Crippen molar-refractivity contribution in [1.82, 2.24) is 20.3 Å². The molecule has 0 radical (unpaired) electrons. The van der Waals surface area contributed by atoms with Crippen LogP contribution in [-0.2, 0) is 11.0 Å². The Kier molecular flexibility index (Phi) is 4.63. The molecule has 0 aliphatic rings. The van der Waals surface area contributed by atoms with Gasteiger partial charge in [0.15, 0.2) is 5.69 Å². The van der Waals surface area contributed by atoms with E-state index in [1.54, 1.807) is 0 Å². The number of nitrogens with zero attached hydrogens (tertiary/aromatic N) is 3. The van der Waals surface area contributed by atoms with Gasteiger partial charge in [0.25, 0.3) is 5.91 Å². The van der Waals surface area contributed by atoms with Crippen LogP contribution in [0.25, 0.3) is 5.69 Å². The van der Waals surface area contributed by atoms with Gasteiger partial charge >= 0.3 is 6.18 Å². The number of halogens is 3. The zero-order valence-corrected chi connectivity index (χ0v) is 11.7. The Hall–Kier alpha value is -2.91. The summed E-state index contributed by atoms with van der Waals surface area (Å²) in [7, 11) is 0. The van der Waals surface area contributed by atoms with Gasteiger partial charge in [0.1, 0.15) is 0 Å². The number of rotatable bonds is 5. The average Bonchev–Trinajstić information content (AvgIpc) is 2.95. The molecule has 1 heterocycles. The highest BCUT2D eigenvalue weighted by atomic mass is 19.4. The molecule has 3 N–H and O–H groups in total. The molecule has 0 saturated heterocycles. The van der Waals surface area contributed by atoms with Crippen LogP contribution in [0.2, 0.25) is 0 Å². The topological polar surface area (TPSA) is 103 Å². The highest BCUT2D eigenvalue weighted by Crippen LogP contribution is 2.33. The molecule has 10 heteroatoms. The Morgan fingerprint density at radius 3 is 2.61 bits per heavy atom. The molecule has 0 fully saturated rings. The van der Waals surface area contributed by atoms with Gasteiger partial charge in [0.05, 0.1) is 17.4 Å². The molecule has 0 spiro atoms. The standard InChI is InChI=1S/C13H12F3N5O2/c14-13(15,16)8-3-1-2-4-10(8)21-7-9(19-20-21)12(23)18-6-5-11(17)22/h1-4,7H,5-6H2,(H2,17,22)(H,18,23). The molecule has 0 unspecified atom stereocenters. The van der Waals surface area contributed by atoms with Crippen molar-refractivity contribution in [3.63, 3.8) is 0 Å². The molecule has 2 aromatic rings. The van der Waals surface area contributed by atoms with Crippen molar-refractivity contribution in [3.8, 4) is 5.69 Å². The fourth-order valence-corrected chi connectivity index (χ4v) is 1.79. The fraction of sp³-hybridized carbons (Fsp3) is 0.231. The summed E-state index contributed by atoms with van der Waals surface area (Å²) in [5.41, 5.74) is 3.61. The SMILES string of the molecule is NC(=O)CCNC(=O)c1cn(-c2ccccc2C(F)(F)F)nn1. The number of nitrogens with one attached hydrogen (secondary N) is 1. The second-order valence-electron chi connectivity index (χ2n) is 4.54. The molecule has 122 valence electrons. The molecular weight excluding hydrogens is 315 g/mol. The first-order chi connectivity index (χ1) is 10.8. The first-order valence-electron chi connectivity index (χ1n) is 6.44. The monoisotopic (exact) mass is 327 g/mol. The first kappa shape index (κ1) is 16.5. The Morgan fingerprint density at radius 1 is 1.26 bits per heavy atom. The van der Waals surface area contributed by atoms with E-state index in [0.29, 0.717) is 0 Å². The molecule has 0 bridgehead atoms. The highest BCUT2D eigenvalue weighted by Gasteiger charge is 2.34. The average molecular weight is 327 g/mol. The normalized spacial score (nSPS) is 11.3. The zero-order chi connectivity index (χ0) is 17.0. The van der Waals surface area contributed by atoms with E-state index < -0.39 is 23.6 Å². The number of nitrogens with two attached hydrogens (primary N) is 1. The number of primary amides is 1. The number of benzene rings is 1. The summed E-state index contributed by atoms with van der Waals surface area (Å²) in [6, 6.07) is 4.79. The minimum atomic E-state index is -4.56. The molecule has 2 amide bonds. The number of para-hydroxylation sites is 1. The van der Waals surface area contributed by atoms with Crippen LogP contribution in [-0.4, -0.2) is 33.4 Å². The van der Waals surface area contributed by atoms with E-state index in [4.69, 9.17) is 5.73 Å². The lowest BCUT2D eigenvalue weighted by Gasteiger charge is -2.11. The Morgan fingerprint density at radius 2 is 1.96 bits per heavy atom. The van der Waals surface area contributed by atoms with E-state index in [0.717, 1.165) is 16.9 Å². The Labute approximate surface area is 128 Å². The van der Waals surface area contributed by atoms with Crippen LogP contribution in [0.1, 0.15) is 22.5 Å². The minimum Gasteiger partial charge on any atom is -0.370 e. The summed E-state index contributed by atoms with van der Waals surface area (Å²) in [6.07, 6.45) is -3.55. The van der Waals surface area contributed by atoms with Crippen molar-refractivity contribution < 1.29 is 22.8 Å². The Balaban J connectivity index is 2.20. The van der Waals surface area contributed by atoms with Crippen molar-refractivity contribution in [1.29, 1.82) is 0 Å². The molecule has 1 aromatic heterocycles. The Bertz CT molecular complexity index is 726. The van der Waals surface area contributed by atoms with Crippen molar-refractivity contribution in [2.45, 2.75) is 12.6 Å². The van der Waals surface area contributed by atoms with Gasteiger partial charge in [0.2, 0.25) is 5.91 Å².